The first kappa shape index (κ1) is 28.9. The molecule has 0 aromatic rings. The van der Waals surface area contributed by atoms with Crippen molar-refractivity contribution in [2.24, 2.45) is 5.92 Å². The van der Waals surface area contributed by atoms with Crippen LogP contribution in [-0.4, -0.2) is 22.2 Å². The van der Waals surface area contributed by atoms with Crippen molar-refractivity contribution in [2.75, 3.05) is 0 Å². The maximum absolute atomic E-state index is 10.9. The first-order valence-corrected chi connectivity index (χ1v) is 10.7. The number of carboxylic acids is 2. The van der Waals surface area contributed by atoms with E-state index >= 15 is 0 Å². The fourth-order valence-electron chi connectivity index (χ4n) is 3.14. The van der Waals surface area contributed by atoms with Gasteiger partial charge in [0.1, 0.15) is 0 Å². The van der Waals surface area contributed by atoms with Crippen LogP contribution in [0.4, 0.5) is 0 Å². The van der Waals surface area contributed by atoms with Crippen LogP contribution in [0.1, 0.15) is 111 Å². The number of rotatable bonds is 19. The summed E-state index contributed by atoms with van der Waals surface area (Å²) in [6.45, 7) is 2.26. The predicted octanol–water partition coefficient (Wildman–Crippen LogP) is 3.71. The molecule has 0 bridgehead atoms. The maximum atomic E-state index is 10.9. The Balaban J connectivity index is -0.00000312. The van der Waals surface area contributed by atoms with Gasteiger partial charge in [-0.3, -0.25) is 9.59 Å². The Morgan fingerprint density at radius 3 is 1.56 bits per heavy atom. The average molecular weight is 393 g/mol. The smallest absolute Gasteiger partial charge is 1.00 e. The van der Waals surface area contributed by atoms with Crippen LogP contribution in [0.15, 0.2) is 12.2 Å². The predicted molar refractivity (Wildman–Crippen MR) is 109 cm³/mol. The SMILES string of the molecule is CCCCCCCCCCCCCCCCC=CC(CC(=O)O)C(=O)O.[H-].[Na+]. The number of hydrogen-bond acceptors (Lipinski definition) is 2. The molecule has 1 unspecified atom stereocenters. The van der Waals surface area contributed by atoms with Crippen molar-refractivity contribution in [3.05, 3.63) is 12.2 Å². The van der Waals surface area contributed by atoms with Gasteiger partial charge in [-0.05, 0) is 12.8 Å². The van der Waals surface area contributed by atoms with E-state index in [9.17, 15) is 9.59 Å². The summed E-state index contributed by atoms with van der Waals surface area (Å²) in [5.41, 5.74) is 0. The van der Waals surface area contributed by atoms with Gasteiger partial charge in [-0.2, -0.15) is 0 Å². The van der Waals surface area contributed by atoms with E-state index < -0.39 is 17.9 Å². The van der Waals surface area contributed by atoms with Crippen molar-refractivity contribution in [2.45, 2.75) is 110 Å². The van der Waals surface area contributed by atoms with E-state index in [0.717, 1.165) is 12.8 Å². The quantitative estimate of drug-likeness (QED) is 0.200. The van der Waals surface area contributed by atoms with E-state index in [1.807, 2.05) is 6.08 Å². The average Bonchev–Trinajstić information content (AvgIpc) is 2.59. The molecule has 0 aliphatic carbocycles. The minimum Gasteiger partial charge on any atom is -1.00 e. The molecule has 0 heterocycles. The standard InChI is InChI=1S/C22H40O4.Na.H/c1-2-3-4-5-6-7-8-9-10-11-12-13-14-15-16-17-18-20(22(25)26)19-21(23)24;;/h17-18,20H,2-16,19H2,1H3,(H,23,24)(H,25,26);;/q;+1;-1. The van der Waals surface area contributed by atoms with E-state index in [1.165, 1.54) is 89.5 Å². The molecule has 0 saturated carbocycles. The van der Waals surface area contributed by atoms with E-state index in [4.69, 9.17) is 10.2 Å². The fourth-order valence-corrected chi connectivity index (χ4v) is 3.14. The van der Waals surface area contributed by atoms with Gasteiger partial charge in [0.25, 0.3) is 0 Å². The molecule has 0 spiro atoms. The summed E-state index contributed by atoms with van der Waals surface area (Å²) >= 11 is 0. The van der Waals surface area contributed by atoms with Crippen molar-refractivity contribution in [3.63, 3.8) is 0 Å². The second-order valence-corrected chi connectivity index (χ2v) is 7.36. The molecule has 0 aliphatic rings. The molecule has 0 aliphatic heterocycles. The Labute approximate surface area is 190 Å². The number of allylic oxidation sites excluding steroid dienone is 1. The van der Waals surface area contributed by atoms with Crippen LogP contribution in [0, 0.1) is 5.92 Å². The van der Waals surface area contributed by atoms with Gasteiger partial charge >= 0.3 is 41.5 Å². The molecule has 154 valence electrons. The minimum atomic E-state index is -1.07. The third-order valence-electron chi connectivity index (χ3n) is 4.80. The van der Waals surface area contributed by atoms with Crippen molar-refractivity contribution in [3.8, 4) is 0 Å². The van der Waals surface area contributed by atoms with E-state index in [-0.39, 0.29) is 37.4 Å². The third-order valence-corrected chi connectivity index (χ3v) is 4.80. The zero-order valence-electron chi connectivity index (χ0n) is 18.8. The number of aliphatic carboxylic acids is 2. The Morgan fingerprint density at radius 2 is 1.19 bits per heavy atom. The topological polar surface area (TPSA) is 74.6 Å². The molecule has 0 saturated heterocycles. The van der Waals surface area contributed by atoms with Crippen LogP contribution in [-0.2, 0) is 9.59 Å². The summed E-state index contributed by atoms with van der Waals surface area (Å²) in [5, 5.41) is 17.6. The first-order valence-electron chi connectivity index (χ1n) is 10.7. The van der Waals surface area contributed by atoms with Gasteiger partial charge in [-0.1, -0.05) is 103 Å². The van der Waals surface area contributed by atoms with Crippen LogP contribution >= 0.6 is 0 Å². The van der Waals surface area contributed by atoms with Gasteiger partial charge in [-0.15, -0.1) is 0 Å². The van der Waals surface area contributed by atoms with Gasteiger partial charge in [0.15, 0.2) is 0 Å². The molecule has 4 nitrogen and oxygen atoms in total. The van der Waals surface area contributed by atoms with E-state index in [0.29, 0.717) is 0 Å². The summed E-state index contributed by atoms with van der Waals surface area (Å²) in [6.07, 6.45) is 22.3. The molecule has 5 heteroatoms. The zero-order valence-corrected chi connectivity index (χ0v) is 19.8. The minimum absolute atomic E-state index is 0. The summed E-state index contributed by atoms with van der Waals surface area (Å²) in [4.78, 5) is 21.5. The molecule has 27 heavy (non-hydrogen) atoms. The zero-order chi connectivity index (χ0) is 19.5. The molecule has 0 fully saturated rings. The van der Waals surface area contributed by atoms with Crippen LogP contribution in [0.2, 0.25) is 0 Å². The first-order chi connectivity index (χ1) is 12.6. The van der Waals surface area contributed by atoms with Crippen LogP contribution in [0.5, 0.6) is 0 Å². The Hall–Kier alpha value is -0.320. The summed E-state index contributed by atoms with van der Waals surface area (Å²) in [5.74, 6) is -3.04. The van der Waals surface area contributed by atoms with Gasteiger partial charge in [0.05, 0.1) is 12.3 Å². The normalized spacial score (nSPS) is 12.0. The summed E-state index contributed by atoms with van der Waals surface area (Å²) in [6, 6.07) is 0. The number of carboxylic acid groups (broad SMARTS) is 2. The molecule has 1 atom stereocenters. The number of carbonyl (C=O) groups is 2. The van der Waals surface area contributed by atoms with Crippen molar-refractivity contribution in [1.82, 2.24) is 0 Å². The van der Waals surface area contributed by atoms with E-state index in [2.05, 4.69) is 6.92 Å². The molecule has 0 aromatic heterocycles. The van der Waals surface area contributed by atoms with Crippen molar-refractivity contribution < 1.29 is 50.8 Å². The van der Waals surface area contributed by atoms with E-state index in [1.54, 1.807) is 0 Å². The van der Waals surface area contributed by atoms with Crippen molar-refractivity contribution in [1.29, 1.82) is 0 Å². The third kappa shape index (κ3) is 21.8. The maximum Gasteiger partial charge on any atom is 1.00 e. The van der Waals surface area contributed by atoms with Gasteiger partial charge in [0, 0.05) is 0 Å². The molecular formula is C22H41NaO4. The Morgan fingerprint density at radius 1 is 0.778 bits per heavy atom. The van der Waals surface area contributed by atoms with Gasteiger partial charge < -0.3 is 11.6 Å². The molecule has 0 aromatic carbocycles. The second kappa shape index (κ2) is 22.0. The van der Waals surface area contributed by atoms with Crippen molar-refractivity contribution >= 4 is 11.9 Å². The van der Waals surface area contributed by atoms with Crippen LogP contribution in [0.25, 0.3) is 0 Å². The Bertz CT molecular complexity index is 389. The van der Waals surface area contributed by atoms with Gasteiger partial charge in [0.2, 0.25) is 0 Å². The molecule has 0 rings (SSSR count). The van der Waals surface area contributed by atoms with Crippen LogP contribution in [0.3, 0.4) is 0 Å². The monoisotopic (exact) mass is 392 g/mol. The van der Waals surface area contributed by atoms with Crippen LogP contribution < -0.4 is 29.6 Å². The molecule has 0 radical (unpaired) electrons. The fraction of sp³-hybridized carbons (Fsp3) is 0.818. The van der Waals surface area contributed by atoms with Gasteiger partial charge in [-0.25, -0.2) is 0 Å². The second-order valence-electron chi connectivity index (χ2n) is 7.36. The Kier molecular flexibility index (Phi) is 23.5. The molecular weight excluding hydrogens is 351 g/mol. The summed E-state index contributed by atoms with van der Waals surface area (Å²) < 4.78 is 0. The number of hydrogen-bond donors (Lipinski definition) is 2. The molecule has 0 amide bonds. The molecule has 2 N–H and O–H groups in total. The largest absolute Gasteiger partial charge is 1.00 e. The number of unbranched alkanes of at least 4 members (excludes halogenated alkanes) is 14. The summed E-state index contributed by atoms with van der Waals surface area (Å²) in [7, 11) is 0.